The Bertz CT molecular complexity index is 334. The number of alkyl carbamates (subject to hydrolysis) is 1. The van der Waals surface area contributed by atoms with Gasteiger partial charge in [-0.05, 0) is 46.0 Å². The highest BCUT2D eigenvalue weighted by Crippen LogP contribution is 2.37. The number of carboxylic acid groups (broad SMARTS) is 1. The van der Waals surface area contributed by atoms with Crippen molar-refractivity contribution in [2.45, 2.75) is 64.5 Å². The Morgan fingerprint density at radius 1 is 1.44 bits per heavy atom. The Kier molecular flexibility index (Phi) is 4.24. The molecule has 1 aliphatic carbocycles. The van der Waals surface area contributed by atoms with Crippen molar-refractivity contribution in [2.24, 2.45) is 5.92 Å². The van der Waals surface area contributed by atoms with E-state index < -0.39 is 23.2 Å². The molecule has 0 spiro atoms. The minimum atomic E-state index is -0.889. The van der Waals surface area contributed by atoms with Gasteiger partial charge in [-0.25, -0.2) is 4.79 Å². The Hall–Kier alpha value is -1.26. The Labute approximate surface area is 108 Å². The molecule has 0 aliphatic heterocycles. The maximum Gasteiger partial charge on any atom is 0.408 e. The zero-order valence-corrected chi connectivity index (χ0v) is 11.6. The molecule has 1 fully saturated rings. The predicted molar refractivity (Wildman–Crippen MR) is 67.4 cm³/mol. The topological polar surface area (TPSA) is 75.6 Å². The van der Waals surface area contributed by atoms with Crippen LogP contribution in [-0.2, 0) is 9.53 Å². The van der Waals surface area contributed by atoms with Gasteiger partial charge in [-0.1, -0.05) is 6.92 Å². The Morgan fingerprint density at radius 3 is 2.44 bits per heavy atom. The maximum absolute atomic E-state index is 11.8. The molecule has 0 bridgehead atoms. The number of aliphatic carboxylic acids is 1. The molecule has 2 N–H and O–H groups in total. The number of carboxylic acids is 1. The summed E-state index contributed by atoms with van der Waals surface area (Å²) in [5, 5.41) is 11.7. The van der Waals surface area contributed by atoms with Gasteiger partial charge >= 0.3 is 12.1 Å². The van der Waals surface area contributed by atoms with Gasteiger partial charge in [-0.3, -0.25) is 4.79 Å². The number of amides is 1. The molecule has 0 saturated heterocycles. The largest absolute Gasteiger partial charge is 0.481 e. The summed E-state index contributed by atoms with van der Waals surface area (Å²) in [4.78, 5) is 22.7. The number of carbonyl (C=O) groups is 2. The number of nitrogens with one attached hydrogen (secondary N) is 1. The summed E-state index contributed by atoms with van der Waals surface area (Å²) in [6.45, 7) is 7.43. The first-order valence-electron chi connectivity index (χ1n) is 6.35. The lowest BCUT2D eigenvalue weighted by molar-refractivity contribution is -0.138. The van der Waals surface area contributed by atoms with Gasteiger partial charge in [-0.2, -0.15) is 0 Å². The molecule has 1 amide bonds. The fourth-order valence-electron chi connectivity index (χ4n) is 2.52. The standard InChI is InChI=1S/C13H23NO4/c1-9-5-6-13(7-9,8-10(15)16)14-11(17)18-12(2,3)4/h9H,5-8H2,1-4H3,(H,14,17)(H,15,16). The second-order valence-electron chi connectivity index (χ2n) is 6.33. The van der Waals surface area contributed by atoms with Crippen molar-refractivity contribution in [3.05, 3.63) is 0 Å². The van der Waals surface area contributed by atoms with E-state index in [2.05, 4.69) is 12.2 Å². The molecule has 1 saturated carbocycles. The van der Waals surface area contributed by atoms with E-state index >= 15 is 0 Å². The van der Waals surface area contributed by atoms with Crippen LogP contribution in [0.1, 0.15) is 53.4 Å². The van der Waals surface area contributed by atoms with Gasteiger partial charge in [0.15, 0.2) is 0 Å². The highest BCUT2D eigenvalue weighted by molar-refractivity contribution is 5.73. The van der Waals surface area contributed by atoms with Crippen LogP contribution in [-0.4, -0.2) is 28.3 Å². The van der Waals surface area contributed by atoms with Crippen LogP contribution >= 0.6 is 0 Å². The number of hydrogen-bond acceptors (Lipinski definition) is 3. The van der Waals surface area contributed by atoms with Crippen LogP contribution in [0.5, 0.6) is 0 Å². The molecule has 5 heteroatoms. The van der Waals surface area contributed by atoms with E-state index in [0.717, 1.165) is 6.42 Å². The summed E-state index contributed by atoms with van der Waals surface area (Å²) in [5.74, 6) is -0.459. The molecule has 2 unspecified atom stereocenters. The second kappa shape index (κ2) is 5.16. The molecule has 5 nitrogen and oxygen atoms in total. The summed E-state index contributed by atoms with van der Waals surface area (Å²) >= 11 is 0. The zero-order valence-electron chi connectivity index (χ0n) is 11.6. The van der Waals surface area contributed by atoms with E-state index in [4.69, 9.17) is 9.84 Å². The monoisotopic (exact) mass is 257 g/mol. The molecular formula is C13H23NO4. The van der Waals surface area contributed by atoms with Crippen LogP contribution < -0.4 is 5.32 Å². The first-order chi connectivity index (χ1) is 8.12. The summed E-state index contributed by atoms with van der Waals surface area (Å²) in [7, 11) is 0. The Balaban J connectivity index is 2.68. The lowest BCUT2D eigenvalue weighted by atomic mass is 9.92. The summed E-state index contributed by atoms with van der Waals surface area (Å²) < 4.78 is 5.20. The highest BCUT2D eigenvalue weighted by Gasteiger charge is 2.41. The van der Waals surface area contributed by atoms with Crippen molar-refractivity contribution in [1.82, 2.24) is 5.32 Å². The molecule has 0 aromatic heterocycles. The second-order valence-corrected chi connectivity index (χ2v) is 6.33. The smallest absolute Gasteiger partial charge is 0.408 e. The van der Waals surface area contributed by atoms with Gasteiger partial charge < -0.3 is 15.2 Å². The molecule has 0 aromatic carbocycles. The van der Waals surface area contributed by atoms with E-state index in [0.29, 0.717) is 18.8 Å². The molecular weight excluding hydrogens is 234 g/mol. The first kappa shape index (κ1) is 14.8. The lowest BCUT2D eigenvalue weighted by Crippen LogP contribution is -2.49. The maximum atomic E-state index is 11.8. The number of carbonyl (C=O) groups excluding carboxylic acids is 1. The third-order valence-electron chi connectivity index (χ3n) is 3.11. The van der Waals surface area contributed by atoms with Gasteiger partial charge in [0.1, 0.15) is 5.60 Å². The summed E-state index contributed by atoms with van der Waals surface area (Å²) in [6.07, 6.45) is 1.75. The molecule has 1 rings (SSSR count). The predicted octanol–water partition coefficient (Wildman–Crippen LogP) is 2.54. The van der Waals surface area contributed by atoms with Crippen LogP contribution in [0, 0.1) is 5.92 Å². The average molecular weight is 257 g/mol. The van der Waals surface area contributed by atoms with E-state index in [9.17, 15) is 9.59 Å². The van der Waals surface area contributed by atoms with Crippen LogP contribution in [0.3, 0.4) is 0 Å². The molecule has 1 aliphatic rings. The van der Waals surface area contributed by atoms with Gasteiger partial charge in [0, 0.05) is 0 Å². The number of ether oxygens (including phenoxy) is 1. The van der Waals surface area contributed by atoms with Crippen LogP contribution in [0.4, 0.5) is 4.79 Å². The van der Waals surface area contributed by atoms with Crippen LogP contribution in [0.2, 0.25) is 0 Å². The SMILES string of the molecule is CC1CCC(CC(=O)O)(NC(=O)OC(C)(C)C)C1. The van der Waals surface area contributed by atoms with Crippen molar-refractivity contribution in [3.8, 4) is 0 Å². The fourth-order valence-corrected chi connectivity index (χ4v) is 2.52. The lowest BCUT2D eigenvalue weighted by Gasteiger charge is -2.30. The average Bonchev–Trinajstić information content (AvgIpc) is 2.41. The highest BCUT2D eigenvalue weighted by atomic mass is 16.6. The van der Waals surface area contributed by atoms with Crippen molar-refractivity contribution in [2.75, 3.05) is 0 Å². The molecule has 0 radical (unpaired) electrons. The van der Waals surface area contributed by atoms with Gasteiger partial charge in [-0.15, -0.1) is 0 Å². The van der Waals surface area contributed by atoms with Crippen molar-refractivity contribution in [1.29, 1.82) is 0 Å². The minimum Gasteiger partial charge on any atom is -0.481 e. The third-order valence-corrected chi connectivity index (χ3v) is 3.11. The van der Waals surface area contributed by atoms with Crippen molar-refractivity contribution in [3.63, 3.8) is 0 Å². The van der Waals surface area contributed by atoms with Crippen LogP contribution in [0.25, 0.3) is 0 Å². The molecule has 18 heavy (non-hydrogen) atoms. The molecule has 104 valence electrons. The first-order valence-corrected chi connectivity index (χ1v) is 6.35. The molecule has 2 atom stereocenters. The zero-order chi connectivity index (χ0) is 14.0. The van der Waals surface area contributed by atoms with Gasteiger partial charge in [0.2, 0.25) is 0 Å². The Morgan fingerprint density at radius 2 is 2.06 bits per heavy atom. The van der Waals surface area contributed by atoms with Gasteiger partial charge in [0.25, 0.3) is 0 Å². The van der Waals surface area contributed by atoms with E-state index in [1.807, 2.05) is 0 Å². The fraction of sp³-hybridized carbons (Fsp3) is 0.846. The van der Waals surface area contributed by atoms with Crippen molar-refractivity contribution < 1.29 is 19.4 Å². The normalized spacial score (nSPS) is 27.9. The van der Waals surface area contributed by atoms with Gasteiger partial charge in [0.05, 0.1) is 12.0 Å². The van der Waals surface area contributed by atoms with E-state index in [1.165, 1.54) is 0 Å². The van der Waals surface area contributed by atoms with Crippen LogP contribution in [0.15, 0.2) is 0 Å². The van der Waals surface area contributed by atoms with Crippen molar-refractivity contribution >= 4 is 12.1 Å². The molecule has 0 aromatic rings. The quantitative estimate of drug-likeness (QED) is 0.814. The molecule has 0 heterocycles. The minimum absolute atomic E-state index is 0.0451. The van der Waals surface area contributed by atoms with E-state index in [-0.39, 0.29) is 6.42 Å². The van der Waals surface area contributed by atoms with E-state index in [1.54, 1.807) is 20.8 Å². The number of rotatable bonds is 3. The third kappa shape index (κ3) is 4.55. The number of hydrogen-bond donors (Lipinski definition) is 2. The summed E-state index contributed by atoms with van der Waals surface area (Å²) in [5.41, 5.74) is -1.22. The summed E-state index contributed by atoms with van der Waals surface area (Å²) in [6, 6.07) is 0.